The Morgan fingerprint density at radius 2 is 2.00 bits per heavy atom. The van der Waals surface area contributed by atoms with Gasteiger partial charge in [0.05, 0.1) is 19.0 Å². The smallest absolute Gasteiger partial charge is 0.211 e. The molecule has 1 aromatic rings. The van der Waals surface area contributed by atoms with E-state index in [2.05, 4.69) is 30.7 Å². The second kappa shape index (κ2) is 8.13. The number of ether oxygens (including phenoxy) is 2. The van der Waals surface area contributed by atoms with Crippen LogP contribution in [0.3, 0.4) is 0 Å². The van der Waals surface area contributed by atoms with Crippen LogP contribution in [0.5, 0.6) is 5.75 Å². The summed E-state index contributed by atoms with van der Waals surface area (Å²) in [5, 5.41) is 0. The molecule has 130 valence electrons. The highest BCUT2D eigenvalue weighted by Gasteiger charge is 2.29. The summed E-state index contributed by atoms with van der Waals surface area (Å²) in [7, 11) is -3.21. The highest BCUT2D eigenvalue weighted by molar-refractivity contribution is 7.89. The van der Waals surface area contributed by atoms with Gasteiger partial charge in [-0.15, -0.1) is 0 Å². The lowest BCUT2D eigenvalue weighted by atomic mass is 9.98. The highest BCUT2D eigenvalue weighted by Crippen LogP contribution is 2.21. The molecular weight excluding hydrogens is 314 g/mol. The molecule has 1 heterocycles. The lowest BCUT2D eigenvalue weighted by Crippen LogP contribution is -2.47. The molecule has 0 unspecified atom stereocenters. The van der Waals surface area contributed by atoms with Crippen LogP contribution in [0.25, 0.3) is 0 Å². The van der Waals surface area contributed by atoms with Crippen molar-refractivity contribution >= 4 is 10.0 Å². The Balaban J connectivity index is 1.94. The summed E-state index contributed by atoms with van der Waals surface area (Å²) in [5.74, 6) is 1.41. The lowest BCUT2D eigenvalue weighted by molar-refractivity contribution is 0.0186. The molecule has 0 bridgehead atoms. The zero-order chi connectivity index (χ0) is 16.9. The Bertz CT molecular complexity index is 583. The average molecular weight is 341 g/mol. The number of hydrogen-bond acceptors (Lipinski definition) is 4. The molecule has 6 heteroatoms. The molecule has 0 aliphatic carbocycles. The minimum atomic E-state index is -3.21. The molecule has 23 heavy (non-hydrogen) atoms. The third-order valence-corrected chi connectivity index (χ3v) is 5.62. The summed E-state index contributed by atoms with van der Waals surface area (Å²) in [6.07, 6.45) is 0.680. The van der Waals surface area contributed by atoms with Gasteiger partial charge in [0, 0.05) is 18.6 Å². The fourth-order valence-corrected chi connectivity index (χ4v) is 3.52. The van der Waals surface area contributed by atoms with Crippen molar-refractivity contribution in [1.29, 1.82) is 0 Å². The Hall–Kier alpha value is -1.11. The molecular formula is C17H27NO4S. The lowest BCUT2D eigenvalue weighted by Gasteiger charge is -2.31. The van der Waals surface area contributed by atoms with Crippen LogP contribution in [-0.4, -0.2) is 40.0 Å². The number of hydrogen-bond donors (Lipinski definition) is 1. The third kappa shape index (κ3) is 5.48. The van der Waals surface area contributed by atoms with Gasteiger partial charge in [0.25, 0.3) is 0 Å². The van der Waals surface area contributed by atoms with Gasteiger partial charge in [-0.3, -0.25) is 0 Å². The first-order valence-corrected chi connectivity index (χ1v) is 9.87. The second-order valence-electron chi connectivity index (χ2n) is 6.29. The van der Waals surface area contributed by atoms with Crippen LogP contribution in [0.4, 0.5) is 0 Å². The van der Waals surface area contributed by atoms with Crippen LogP contribution in [0, 0.1) is 5.92 Å². The summed E-state index contributed by atoms with van der Waals surface area (Å²) in [5.41, 5.74) is 1.27. The van der Waals surface area contributed by atoms with Crippen molar-refractivity contribution in [2.75, 3.05) is 25.6 Å². The predicted octanol–water partition coefficient (Wildman–Crippen LogP) is 2.53. The second-order valence-corrected chi connectivity index (χ2v) is 8.33. The Kier molecular flexibility index (Phi) is 6.44. The van der Waals surface area contributed by atoms with E-state index in [1.165, 1.54) is 5.56 Å². The maximum absolute atomic E-state index is 11.8. The quantitative estimate of drug-likeness (QED) is 0.828. The van der Waals surface area contributed by atoms with Gasteiger partial charge in [0.1, 0.15) is 5.75 Å². The van der Waals surface area contributed by atoms with Crippen molar-refractivity contribution in [2.45, 2.75) is 39.2 Å². The van der Waals surface area contributed by atoms with Gasteiger partial charge in [-0.1, -0.05) is 26.0 Å². The molecule has 1 N–H and O–H groups in total. The van der Waals surface area contributed by atoms with Crippen LogP contribution in [0.1, 0.15) is 38.7 Å². The van der Waals surface area contributed by atoms with Crippen molar-refractivity contribution in [3.63, 3.8) is 0 Å². The maximum atomic E-state index is 11.8. The van der Waals surface area contributed by atoms with Crippen molar-refractivity contribution in [3.05, 3.63) is 29.8 Å². The number of nitrogens with one attached hydrogen (secondary N) is 1. The molecule has 0 spiro atoms. The van der Waals surface area contributed by atoms with Crippen molar-refractivity contribution in [1.82, 2.24) is 4.72 Å². The van der Waals surface area contributed by atoms with Crippen LogP contribution in [-0.2, 0) is 14.8 Å². The van der Waals surface area contributed by atoms with Gasteiger partial charge in [0.2, 0.25) is 10.0 Å². The topological polar surface area (TPSA) is 64.6 Å². The van der Waals surface area contributed by atoms with Gasteiger partial charge in [0.15, 0.2) is 0 Å². The molecule has 1 saturated heterocycles. The van der Waals surface area contributed by atoms with Gasteiger partial charge >= 0.3 is 0 Å². The van der Waals surface area contributed by atoms with Crippen molar-refractivity contribution in [3.8, 4) is 5.75 Å². The van der Waals surface area contributed by atoms with Crippen molar-refractivity contribution in [2.24, 2.45) is 5.92 Å². The van der Waals surface area contributed by atoms with Gasteiger partial charge < -0.3 is 9.47 Å². The standard InChI is InChI=1S/C17H27NO4S/c1-4-23(19,20)18-17-9-10-21-11-15(17)12-22-16-7-5-14(6-8-16)13(2)3/h5-8,13,15,17-18H,4,9-12H2,1-3H3/t15-,17-/m1/s1. The Labute approximate surface area is 139 Å². The van der Waals surface area contributed by atoms with E-state index in [0.717, 1.165) is 5.75 Å². The largest absolute Gasteiger partial charge is 0.493 e. The number of benzene rings is 1. The minimum Gasteiger partial charge on any atom is -0.493 e. The van der Waals surface area contributed by atoms with E-state index in [-0.39, 0.29) is 17.7 Å². The monoisotopic (exact) mass is 341 g/mol. The van der Waals surface area contributed by atoms with E-state index in [9.17, 15) is 8.42 Å². The zero-order valence-corrected chi connectivity index (χ0v) is 14.9. The van der Waals surface area contributed by atoms with Crippen LogP contribution in [0.2, 0.25) is 0 Å². The molecule has 0 saturated carbocycles. The molecule has 1 aliphatic heterocycles. The van der Waals surface area contributed by atoms with E-state index >= 15 is 0 Å². The molecule has 1 fully saturated rings. The van der Waals surface area contributed by atoms with E-state index in [4.69, 9.17) is 9.47 Å². The first-order chi connectivity index (χ1) is 10.9. The molecule has 2 rings (SSSR count). The highest BCUT2D eigenvalue weighted by atomic mass is 32.2. The van der Waals surface area contributed by atoms with Gasteiger partial charge in [-0.05, 0) is 37.0 Å². The summed E-state index contributed by atoms with van der Waals surface area (Å²) in [6.45, 7) is 7.48. The number of sulfonamides is 1. The maximum Gasteiger partial charge on any atom is 0.211 e. The van der Waals surface area contributed by atoms with E-state index in [1.807, 2.05) is 12.1 Å². The molecule has 1 aliphatic rings. The van der Waals surface area contributed by atoms with Crippen molar-refractivity contribution < 1.29 is 17.9 Å². The minimum absolute atomic E-state index is 0.0230. The zero-order valence-electron chi connectivity index (χ0n) is 14.1. The first kappa shape index (κ1) is 18.2. The fraction of sp³-hybridized carbons (Fsp3) is 0.647. The molecule has 0 aromatic heterocycles. The van der Waals surface area contributed by atoms with Gasteiger partial charge in [-0.25, -0.2) is 13.1 Å². The Morgan fingerprint density at radius 3 is 2.61 bits per heavy atom. The third-order valence-electron chi connectivity index (χ3n) is 4.20. The van der Waals surface area contributed by atoms with E-state index < -0.39 is 10.0 Å². The molecule has 2 atom stereocenters. The van der Waals surface area contributed by atoms with E-state index in [0.29, 0.717) is 32.2 Å². The van der Waals surface area contributed by atoms with E-state index in [1.54, 1.807) is 6.92 Å². The van der Waals surface area contributed by atoms with Crippen LogP contribution in [0.15, 0.2) is 24.3 Å². The SMILES string of the molecule is CCS(=O)(=O)N[C@@H]1CCOC[C@@H]1COc1ccc(C(C)C)cc1. The molecule has 5 nitrogen and oxygen atoms in total. The van der Waals surface area contributed by atoms with Gasteiger partial charge in [-0.2, -0.15) is 0 Å². The predicted molar refractivity (Wildman–Crippen MR) is 91.3 cm³/mol. The first-order valence-electron chi connectivity index (χ1n) is 8.21. The number of rotatable bonds is 7. The summed E-state index contributed by atoms with van der Waals surface area (Å²) in [4.78, 5) is 0. The summed E-state index contributed by atoms with van der Waals surface area (Å²) < 4.78 is 37.7. The average Bonchev–Trinajstić information content (AvgIpc) is 2.54. The molecule has 0 amide bonds. The van der Waals surface area contributed by atoms with Crippen LogP contribution < -0.4 is 9.46 Å². The van der Waals surface area contributed by atoms with Crippen LogP contribution >= 0.6 is 0 Å². The summed E-state index contributed by atoms with van der Waals surface area (Å²) in [6, 6.07) is 7.93. The fourth-order valence-electron chi connectivity index (χ4n) is 2.58. The molecule has 1 aromatic carbocycles. The summed E-state index contributed by atoms with van der Waals surface area (Å²) >= 11 is 0. The molecule has 0 radical (unpaired) electrons. The normalized spacial score (nSPS) is 22.3. The Morgan fingerprint density at radius 1 is 1.30 bits per heavy atom.